The molecule has 0 bridgehead atoms. The van der Waals surface area contributed by atoms with Gasteiger partial charge in [-0.25, -0.2) is 0 Å². The van der Waals surface area contributed by atoms with Crippen LogP contribution in [0.3, 0.4) is 0 Å². The Morgan fingerprint density at radius 2 is 2.44 bits per heavy atom. The highest BCUT2D eigenvalue weighted by Crippen LogP contribution is 2.11. The predicted molar refractivity (Wildman–Crippen MR) is 68.0 cm³/mol. The van der Waals surface area contributed by atoms with Crippen LogP contribution in [0.5, 0.6) is 0 Å². The van der Waals surface area contributed by atoms with Gasteiger partial charge in [0.2, 0.25) is 0 Å². The Morgan fingerprint density at radius 1 is 1.56 bits per heavy atom. The van der Waals surface area contributed by atoms with Gasteiger partial charge in [-0.1, -0.05) is 0 Å². The number of aromatic amines is 1. The van der Waals surface area contributed by atoms with Gasteiger partial charge in [0.25, 0.3) is 0 Å². The molecule has 0 amide bonds. The number of H-pyrrole nitrogens is 1. The number of hydrogen-bond donors (Lipinski definition) is 2. The number of nitrogens with one attached hydrogen (secondary N) is 2. The first-order valence-electron chi connectivity index (χ1n) is 6.01. The number of anilines is 1. The third kappa shape index (κ3) is 3.00. The van der Waals surface area contributed by atoms with E-state index in [9.17, 15) is 0 Å². The number of nitrogens with zero attached hydrogens (tertiary/aromatic N) is 2. The van der Waals surface area contributed by atoms with Gasteiger partial charge in [0, 0.05) is 51.7 Å². The molecule has 1 aliphatic heterocycles. The number of aromatic nitrogens is 1. The maximum absolute atomic E-state index is 3.57. The maximum atomic E-state index is 3.57. The normalized spacial score (nSPS) is 22.2. The van der Waals surface area contributed by atoms with Gasteiger partial charge in [0.05, 0.1) is 5.69 Å². The minimum absolute atomic E-state index is 0.639. The first kappa shape index (κ1) is 11.5. The number of rotatable bonds is 4. The molecule has 90 valence electrons. The third-order valence-electron chi connectivity index (χ3n) is 3.29. The van der Waals surface area contributed by atoms with E-state index in [4.69, 9.17) is 0 Å². The molecule has 1 aliphatic rings. The molecule has 1 saturated heterocycles. The van der Waals surface area contributed by atoms with Crippen LogP contribution in [0.4, 0.5) is 5.69 Å². The molecule has 0 spiro atoms. The fraction of sp³-hybridized carbons (Fsp3) is 0.667. The van der Waals surface area contributed by atoms with Crippen molar-refractivity contribution >= 4 is 5.69 Å². The molecule has 1 unspecified atom stereocenters. The minimum Gasteiger partial charge on any atom is -0.373 e. The van der Waals surface area contributed by atoms with E-state index in [1.807, 2.05) is 12.4 Å². The summed E-state index contributed by atoms with van der Waals surface area (Å²) in [7, 11) is 4.35. The first-order chi connectivity index (χ1) is 7.75. The molecule has 1 fully saturated rings. The van der Waals surface area contributed by atoms with Crippen molar-refractivity contribution in [2.45, 2.75) is 12.5 Å². The average molecular weight is 222 g/mol. The van der Waals surface area contributed by atoms with Crippen LogP contribution in [0.25, 0.3) is 0 Å². The third-order valence-corrected chi connectivity index (χ3v) is 3.29. The fourth-order valence-corrected chi connectivity index (χ4v) is 2.22. The second kappa shape index (κ2) is 5.37. The van der Waals surface area contributed by atoms with Crippen LogP contribution < -0.4 is 10.2 Å². The lowest BCUT2D eigenvalue weighted by atomic mass is 10.1. The van der Waals surface area contributed by atoms with E-state index in [1.54, 1.807) is 0 Å². The zero-order chi connectivity index (χ0) is 11.4. The highest BCUT2D eigenvalue weighted by atomic mass is 15.2. The van der Waals surface area contributed by atoms with E-state index in [1.165, 1.54) is 25.2 Å². The van der Waals surface area contributed by atoms with Gasteiger partial charge in [-0.3, -0.25) is 0 Å². The lowest BCUT2D eigenvalue weighted by Gasteiger charge is -2.32. The van der Waals surface area contributed by atoms with E-state index < -0.39 is 0 Å². The zero-order valence-corrected chi connectivity index (χ0v) is 10.2. The van der Waals surface area contributed by atoms with Crippen molar-refractivity contribution < 1.29 is 0 Å². The lowest BCUT2D eigenvalue weighted by Crippen LogP contribution is -2.49. The number of likely N-dealkylation sites (N-methyl/N-ethyl adjacent to an activating group) is 1. The number of piperazine rings is 1. The Bertz CT molecular complexity index is 296. The molecule has 0 saturated carbocycles. The van der Waals surface area contributed by atoms with E-state index in [-0.39, 0.29) is 0 Å². The zero-order valence-electron chi connectivity index (χ0n) is 10.2. The summed E-state index contributed by atoms with van der Waals surface area (Å²) in [6, 6.07) is 2.75. The summed E-state index contributed by atoms with van der Waals surface area (Å²) < 4.78 is 0. The Morgan fingerprint density at radius 3 is 3.12 bits per heavy atom. The van der Waals surface area contributed by atoms with E-state index >= 15 is 0 Å². The monoisotopic (exact) mass is 222 g/mol. The average Bonchev–Trinajstić information content (AvgIpc) is 2.79. The van der Waals surface area contributed by atoms with Gasteiger partial charge in [-0.2, -0.15) is 0 Å². The van der Waals surface area contributed by atoms with Crippen LogP contribution >= 0.6 is 0 Å². The van der Waals surface area contributed by atoms with Crippen molar-refractivity contribution in [2.24, 2.45) is 0 Å². The molecule has 16 heavy (non-hydrogen) atoms. The summed E-state index contributed by atoms with van der Waals surface area (Å²) in [5.74, 6) is 0. The molecule has 0 aromatic carbocycles. The van der Waals surface area contributed by atoms with E-state index in [2.05, 4.69) is 40.3 Å². The van der Waals surface area contributed by atoms with Gasteiger partial charge in [-0.15, -0.1) is 0 Å². The highest BCUT2D eigenvalue weighted by Gasteiger charge is 2.16. The second-order valence-electron chi connectivity index (χ2n) is 4.69. The molecule has 1 aromatic rings. The van der Waals surface area contributed by atoms with Gasteiger partial charge < -0.3 is 20.1 Å². The van der Waals surface area contributed by atoms with Gasteiger partial charge in [0.15, 0.2) is 0 Å². The maximum Gasteiger partial charge on any atom is 0.0541 e. The van der Waals surface area contributed by atoms with Crippen molar-refractivity contribution in [2.75, 3.05) is 45.2 Å². The molecule has 2 heterocycles. The number of hydrogen-bond acceptors (Lipinski definition) is 3. The smallest absolute Gasteiger partial charge is 0.0541 e. The SMILES string of the molecule is CN1CCNC(CCN(C)c2cc[nH]c2)C1. The Kier molecular flexibility index (Phi) is 3.85. The standard InChI is InChI=1S/C12H22N4/c1-15-8-6-14-11(10-15)4-7-16(2)12-3-5-13-9-12/h3,5,9,11,13-14H,4,6-8,10H2,1-2H3. The van der Waals surface area contributed by atoms with Crippen LogP contribution in [0.15, 0.2) is 18.5 Å². The minimum atomic E-state index is 0.639. The lowest BCUT2D eigenvalue weighted by molar-refractivity contribution is 0.233. The van der Waals surface area contributed by atoms with Crippen molar-refractivity contribution in [1.82, 2.24) is 15.2 Å². The first-order valence-corrected chi connectivity index (χ1v) is 6.01. The molecule has 2 rings (SSSR count). The predicted octanol–water partition coefficient (Wildman–Crippen LogP) is 0.745. The van der Waals surface area contributed by atoms with Gasteiger partial charge in [0.1, 0.15) is 0 Å². The molecule has 0 radical (unpaired) electrons. The summed E-state index contributed by atoms with van der Waals surface area (Å²) in [6.45, 7) is 4.56. The van der Waals surface area contributed by atoms with Crippen LogP contribution in [0.1, 0.15) is 6.42 Å². The van der Waals surface area contributed by atoms with E-state index in [0.29, 0.717) is 6.04 Å². The quantitative estimate of drug-likeness (QED) is 0.789. The Labute approximate surface area is 97.6 Å². The van der Waals surface area contributed by atoms with Crippen LogP contribution in [-0.2, 0) is 0 Å². The molecule has 4 nitrogen and oxygen atoms in total. The van der Waals surface area contributed by atoms with Gasteiger partial charge >= 0.3 is 0 Å². The summed E-state index contributed by atoms with van der Waals surface area (Å²) >= 11 is 0. The molecular formula is C12H22N4. The van der Waals surface area contributed by atoms with Crippen molar-refractivity contribution in [3.05, 3.63) is 18.5 Å². The van der Waals surface area contributed by atoms with Crippen LogP contribution in [0.2, 0.25) is 0 Å². The van der Waals surface area contributed by atoms with Crippen molar-refractivity contribution in [1.29, 1.82) is 0 Å². The summed E-state index contributed by atoms with van der Waals surface area (Å²) in [5.41, 5.74) is 1.27. The molecule has 1 atom stereocenters. The molecular weight excluding hydrogens is 200 g/mol. The van der Waals surface area contributed by atoms with Gasteiger partial charge in [-0.05, 0) is 19.5 Å². The Balaban J connectivity index is 1.74. The topological polar surface area (TPSA) is 34.3 Å². The molecule has 0 aliphatic carbocycles. The van der Waals surface area contributed by atoms with Crippen molar-refractivity contribution in [3.63, 3.8) is 0 Å². The highest BCUT2D eigenvalue weighted by molar-refractivity contribution is 5.42. The largest absolute Gasteiger partial charge is 0.373 e. The van der Waals surface area contributed by atoms with E-state index in [0.717, 1.165) is 13.1 Å². The molecule has 2 N–H and O–H groups in total. The summed E-state index contributed by atoms with van der Waals surface area (Å²) in [5, 5.41) is 3.57. The molecule has 1 aromatic heterocycles. The fourth-order valence-electron chi connectivity index (χ4n) is 2.22. The van der Waals surface area contributed by atoms with Crippen LogP contribution in [-0.4, -0.2) is 56.2 Å². The van der Waals surface area contributed by atoms with Crippen LogP contribution in [0, 0.1) is 0 Å². The summed E-state index contributed by atoms with van der Waals surface area (Å²) in [4.78, 5) is 7.79. The second-order valence-corrected chi connectivity index (χ2v) is 4.69. The summed E-state index contributed by atoms with van der Waals surface area (Å²) in [6.07, 6.45) is 5.21. The molecule has 4 heteroatoms. The van der Waals surface area contributed by atoms with Crippen molar-refractivity contribution in [3.8, 4) is 0 Å². The Hall–Kier alpha value is -1.00.